The molecule has 0 unspecified atom stereocenters. The van der Waals surface area contributed by atoms with Crippen molar-refractivity contribution >= 4 is 49.7 Å². The Hall–Kier alpha value is -6.97. The Morgan fingerprint density at radius 2 is 0.652 bits per heavy atom. The number of nitriles is 3. The van der Waals surface area contributed by atoms with Gasteiger partial charge in [0.25, 0.3) is 0 Å². The van der Waals surface area contributed by atoms with Gasteiger partial charge in [0.15, 0.2) is 17.9 Å². The SMILES string of the molecule is CC(=O)/C(=C(/C)[O][Al]([O]/C(C)=C(\C=O)c1cc(C(F)(F)F)c(C#N)c(C(F)(F)F)c1)[O]/C(C)=C(\C(C)=O)c1cc(C(F)(F)F)c(C#N)c(C(F)(F)F)c1)c1cc(C(F)(F)F)c(C#N)c(C(F)(F)F)c1. The van der Waals surface area contributed by atoms with Gasteiger partial charge in [0.1, 0.15) is 18.2 Å². The van der Waals surface area contributed by atoms with Crippen LogP contribution in [0.15, 0.2) is 53.7 Å². The number of carbonyl (C=O) groups excluding carboxylic acids is 3. The van der Waals surface area contributed by atoms with Crippen molar-refractivity contribution in [2.45, 2.75) is 71.7 Å². The molecule has 3 aromatic rings. The fourth-order valence-electron chi connectivity index (χ4n) is 6.42. The van der Waals surface area contributed by atoms with Crippen LogP contribution in [0.1, 0.15) is 101 Å². The van der Waals surface area contributed by atoms with Crippen LogP contribution in [0.5, 0.6) is 0 Å². The smallest absolute Gasteiger partial charge is 0.580 e. The van der Waals surface area contributed by atoms with Crippen molar-refractivity contribution in [3.63, 3.8) is 0 Å². The summed E-state index contributed by atoms with van der Waals surface area (Å²) in [5, 5.41) is 27.7. The quantitative estimate of drug-likeness (QED) is 0.0568. The normalized spacial score (nSPS) is 13.7. The van der Waals surface area contributed by atoms with Crippen molar-refractivity contribution in [2.75, 3.05) is 0 Å². The van der Waals surface area contributed by atoms with E-state index in [1.54, 1.807) is 0 Å². The van der Waals surface area contributed by atoms with Gasteiger partial charge in [-0.25, -0.2) is 0 Å². The molecule has 0 spiro atoms. The van der Waals surface area contributed by atoms with E-state index in [0.717, 1.165) is 18.2 Å². The number of Topliss-reactive ketones (excluding diaryl/α,β-unsaturated/α-hetero) is 2. The van der Waals surface area contributed by atoms with Gasteiger partial charge in [0.2, 0.25) is 0 Å². The molecular formula is C41H22AlF18N3O6. The van der Waals surface area contributed by atoms with E-state index >= 15 is 0 Å². The molecule has 69 heavy (non-hydrogen) atoms. The molecule has 0 aliphatic carbocycles. The maximum absolute atomic E-state index is 14.1. The minimum Gasteiger partial charge on any atom is -0.580 e. The van der Waals surface area contributed by atoms with E-state index in [1.807, 2.05) is 0 Å². The molecule has 0 aromatic heterocycles. The van der Waals surface area contributed by atoms with Gasteiger partial charge in [-0.15, -0.1) is 0 Å². The molecule has 0 heterocycles. The topological polar surface area (TPSA) is 150 Å². The first kappa shape index (κ1) is 56.4. The van der Waals surface area contributed by atoms with Crippen molar-refractivity contribution in [2.24, 2.45) is 0 Å². The molecule has 0 saturated heterocycles. The number of rotatable bonds is 12. The van der Waals surface area contributed by atoms with Gasteiger partial charge in [-0.05, 0) is 87.7 Å². The zero-order valence-corrected chi connectivity index (χ0v) is 35.9. The Balaban J connectivity index is 2.57. The first-order chi connectivity index (χ1) is 31.3. The summed E-state index contributed by atoms with van der Waals surface area (Å²) in [5.41, 5.74) is -27.3. The van der Waals surface area contributed by atoms with Crippen LogP contribution < -0.4 is 0 Å². The van der Waals surface area contributed by atoms with Crippen LogP contribution in [0.25, 0.3) is 16.7 Å². The molecule has 3 rings (SSSR count). The monoisotopic (exact) mass is 1020 g/mol. The fraction of sp³-hybridized carbons (Fsp3) is 0.268. The third-order valence-electron chi connectivity index (χ3n) is 9.20. The first-order valence-electron chi connectivity index (χ1n) is 18.0. The van der Waals surface area contributed by atoms with E-state index in [-0.39, 0.29) is 36.4 Å². The van der Waals surface area contributed by atoms with Crippen LogP contribution in [0.2, 0.25) is 0 Å². The highest BCUT2D eigenvalue weighted by Gasteiger charge is 2.49. The summed E-state index contributed by atoms with van der Waals surface area (Å²) in [4.78, 5) is 38.4. The second-order valence-electron chi connectivity index (χ2n) is 13.9. The number of carbonyl (C=O) groups is 3. The molecule has 28 heteroatoms. The average Bonchev–Trinajstić information content (AvgIpc) is 3.17. The first-order valence-corrected chi connectivity index (χ1v) is 19.5. The number of aldehydes is 1. The molecule has 0 radical (unpaired) electrons. The Kier molecular flexibility index (Phi) is 16.3. The molecule has 0 aliphatic heterocycles. The van der Waals surface area contributed by atoms with Gasteiger partial charge in [-0.1, -0.05) is 0 Å². The second kappa shape index (κ2) is 19.9. The van der Waals surface area contributed by atoms with E-state index in [2.05, 4.69) is 0 Å². The standard InChI is InChI=1S/2C14H9F6NO2.C13H7F6NO2.Al/c2*1-6(22)12(7(2)23)8-3-10(13(15,16)17)9(5-21)11(4-8)14(18,19)20;1-6(22)9(5-21)7-2-10(12(14,15)16)8(4-20)11(3-7)13(17,18)19;/h2*3-4,22H,1-2H3;2-3,5,22H,1H3;/q;;;+3/p-3/b2*12-6+;9-6+;. The second-order valence-corrected chi connectivity index (χ2v) is 15.2. The molecule has 0 fully saturated rings. The lowest BCUT2D eigenvalue weighted by molar-refractivity contribution is -0.145. The summed E-state index contributed by atoms with van der Waals surface area (Å²) in [6.07, 6.45) is -34.9. The van der Waals surface area contributed by atoms with Gasteiger partial charge >= 0.3 is 52.2 Å². The van der Waals surface area contributed by atoms with Crippen molar-refractivity contribution in [1.82, 2.24) is 0 Å². The molecule has 0 aliphatic rings. The lowest BCUT2D eigenvalue weighted by atomic mass is 9.92. The van der Waals surface area contributed by atoms with E-state index in [1.165, 1.54) is 0 Å². The van der Waals surface area contributed by atoms with E-state index < -0.39 is 171 Å². The Morgan fingerprint density at radius 3 is 0.841 bits per heavy atom. The zero-order chi connectivity index (χ0) is 53.3. The molecule has 0 bridgehead atoms. The Bertz CT molecular complexity index is 2590. The maximum Gasteiger partial charge on any atom is 1.20 e. The number of hydrogen-bond donors (Lipinski definition) is 0. The van der Waals surface area contributed by atoms with E-state index in [4.69, 9.17) is 11.4 Å². The molecule has 0 saturated carbocycles. The largest absolute Gasteiger partial charge is 1.20 e. The van der Waals surface area contributed by atoms with Crippen molar-refractivity contribution in [3.8, 4) is 18.2 Å². The third kappa shape index (κ3) is 12.8. The number of allylic oxidation sites excluding steroid dienone is 6. The number of hydrogen-bond acceptors (Lipinski definition) is 9. The highest BCUT2D eigenvalue weighted by atomic mass is 27.3. The van der Waals surface area contributed by atoms with Crippen molar-refractivity contribution < 1.29 is 105 Å². The summed E-state index contributed by atoms with van der Waals surface area (Å²) in [6, 6.07) is 1.49. The minimum atomic E-state index is -5.74. The molecule has 0 atom stereocenters. The van der Waals surface area contributed by atoms with Crippen LogP contribution in [-0.2, 0) is 62.8 Å². The van der Waals surface area contributed by atoms with E-state index in [9.17, 15) is 109 Å². The fourth-order valence-corrected chi connectivity index (χ4v) is 7.80. The predicted molar refractivity (Wildman–Crippen MR) is 198 cm³/mol. The van der Waals surface area contributed by atoms with Crippen LogP contribution in [0, 0.1) is 34.0 Å². The molecule has 0 amide bonds. The predicted octanol–water partition coefficient (Wildman–Crippen LogP) is 12.4. The zero-order valence-electron chi connectivity index (χ0n) is 34.7. The number of benzene rings is 3. The lowest BCUT2D eigenvalue weighted by Crippen LogP contribution is -2.27. The van der Waals surface area contributed by atoms with Crippen molar-refractivity contribution in [3.05, 3.63) is 120 Å². The van der Waals surface area contributed by atoms with Crippen LogP contribution in [0.3, 0.4) is 0 Å². The Labute approximate surface area is 380 Å². The Morgan fingerprint density at radius 1 is 0.435 bits per heavy atom. The third-order valence-corrected chi connectivity index (χ3v) is 10.8. The van der Waals surface area contributed by atoms with Gasteiger partial charge in [-0.3, -0.25) is 14.4 Å². The number of halogens is 18. The van der Waals surface area contributed by atoms with Crippen LogP contribution in [-0.4, -0.2) is 33.0 Å². The molecule has 9 nitrogen and oxygen atoms in total. The number of nitrogens with zero attached hydrogens (tertiary/aromatic N) is 3. The highest BCUT2D eigenvalue weighted by Crippen LogP contribution is 2.45. The summed E-state index contributed by atoms with van der Waals surface area (Å²) in [5.74, 6) is -6.36. The maximum atomic E-state index is 14.1. The van der Waals surface area contributed by atoms with Crippen LogP contribution in [0.4, 0.5) is 79.0 Å². The van der Waals surface area contributed by atoms with Gasteiger partial charge in [0.05, 0.1) is 84.1 Å². The lowest BCUT2D eigenvalue weighted by Gasteiger charge is -2.23. The average molecular weight is 1020 g/mol. The summed E-state index contributed by atoms with van der Waals surface area (Å²) < 4.78 is 270. The number of alkyl halides is 18. The summed E-state index contributed by atoms with van der Waals surface area (Å²) in [6.45, 7) is 2.84. The van der Waals surface area contributed by atoms with Crippen LogP contribution >= 0.6 is 0 Å². The van der Waals surface area contributed by atoms with Crippen molar-refractivity contribution in [1.29, 1.82) is 15.8 Å². The highest BCUT2D eigenvalue weighted by molar-refractivity contribution is 6.39. The molecule has 3 aromatic carbocycles. The number of ketones is 2. The summed E-state index contributed by atoms with van der Waals surface area (Å²) >= 11 is -4.99. The van der Waals surface area contributed by atoms with E-state index in [0.29, 0.717) is 34.6 Å². The van der Waals surface area contributed by atoms with Gasteiger partial charge in [0, 0.05) is 0 Å². The summed E-state index contributed by atoms with van der Waals surface area (Å²) in [7, 11) is 0. The van der Waals surface area contributed by atoms with Gasteiger partial charge in [-0.2, -0.15) is 94.8 Å². The van der Waals surface area contributed by atoms with Gasteiger partial charge < -0.3 is 11.4 Å². The minimum absolute atomic E-state index is 0.118. The molecular weight excluding hydrogens is 999 g/mol. The molecule has 0 N–H and O–H groups in total. The molecule has 366 valence electrons.